The number of nitrogens with zero attached hydrogens (tertiary/aromatic N) is 3. The van der Waals surface area contributed by atoms with Gasteiger partial charge in [0.2, 0.25) is 0 Å². The van der Waals surface area contributed by atoms with Crippen LogP contribution in [-0.4, -0.2) is 28.0 Å². The van der Waals surface area contributed by atoms with Crippen LogP contribution in [0.15, 0.2) is 65.7 Å². The van der Waals surface area contributed by atoms with Crippen LogP contribution in [0, 0.1) is 6.92 Å². The van der Waals surface area contributed by atoms with E-state index in [1.54, 1.807) is 30.0 Å². The monoisotopic (exact) mass is 430 g/mol. The molecule has 0 atom stereocenters. The number of anilines is 2. The maximum atomic E-state index is 12.8. The van der Waals surface area contributed by atoms with Crippen LogP contribution in [0.2, 0.25) is 0 Å². The Kier molecular flexibility index (Phi) is 5.28. The van der Waals surface area contributed by atoms with Crippen molar-refractivity contribution in [2.24, 2.45) is 0 Å². The fourth-order valence-electron chi connectivity index (χ4n) is 2.92. The van der Waals surface area contributed by atoms with E-state index in [1.807, 2.05) is 19.1 Å². The van der Waals surface area contributed by atoms with Gasteiger partial charge < -0.3 is 23.8 Å². The number of hydrogen-bond acceptors (Lipinski definition) is 6. The van der Waals surface area contributed by atoms with Crippen molar-refractivity contribution >= 4 is 11.7 Å². The summed E-state index contributed by atoms with van der Waals surface area (Å²) in [5.41, 5.74) is 2.43. The quantitative estimate of drug-likeness (QED) is 0.436. The molecular formula is C21H17F3N4O3. The van der Waals surface area contributed by atoms with Gasteiger partial charge >= 0.3 is 6.36 Å². The predicted molar refractivity (Wildman–Crippen MR) is 107 cm³/mol. The molecule has 0 aliphatic heterocycles. The summed E-state index contributed by atoms with van der Waals surface area (Å²) in [4.78, 5) is 8.10. The summed E-state index contributed by atoms with van der Waals surface area (Å²) in [6.07, 6.45) is 1.18. The molecule has 0 saturated carbocycles. The molecule has 2 heterocycles. The highest BCUT2D eigenvalue weighted by molar-refractivity contribution is 5.66. The van der Waals surface area contributed by atoms with E-state index >= 15 is 0 Å². The van der Waals surface area contributed by atoms with Gasteiger partial charge in [0.1, 0.15) is 11.5 Å². The molecule has 0 aliphatic rings. The summed E-state index contributed by atoms with van der Waals surface area (Å²) in [6, 6.07) is 9.80. The topological polar surface area (TPSA) is 74.3 Å². The fourth-order valence-corrected chi connectivity index (χ4v) is 2.92. The smallest absolute Gasteiger partial charge is 0.497 e. The summed E-state index contributed by atoms with van der Waals surface area (Å²) in [7, 11) is 1.56. The largest absolute Gasteiger partial charge is 0.573 e. The standard InChI is InChI=1S/C21H17F3N4O3/c1-13-3-4-16(29-2)10-18(13)27-20-26-11-19(30-20)14-7-15(28-6-5-25-12-28)9-17(8-14)31-21(22,23)24/h3-12H,1-2H3,(H,26,27). The summed E-state index contributed by atoms with van der Waals surface area (Å²) in [6.45, 7) is 1.90. The van der Waals surface area contributed by atoms with Crippen molar-refractivity contribution < 1.29 is 27.1 Å². The molecule has 2 aromatic heterocycles. The maximum Gasteiger partial charge on any atom is 0.573 e. The van der Waals surface area contributed by atoms with Gasteiger partial charge in [0.05, 0.1) is 25.3 Å². The van der Waals surface area contributed by atoms with Crippen LogP contribution < -0.4 is 14.8 Å². The minimum Gasteiger partial charge on any atom is -0.497 e. The van der Waals surface area contributed by atoms with Crippen molar-refractivity contribution in [3.05, 3.63) is 66.9 Å². The zero-order valence-electron chi connectivity index (χ0n) is 16.5. The lowest BCUT2D eigenvalue weighted by molar-refractivity contribution is -0.274. The first kappa shape index (κ1) is 20.3. The highest BCUT2D eigenvalue weighted by Crippen LogP contribution is 2.33. The number of oxazole rings is 1. The molecule has 0 amide bonds. The third kappa shape index (κ3) is 4.80. The first-order valence-corrected chi connectivity index (χ1v) is 9.08. The molecule has 0 spiro atoms. The molecule has 7 nitrogen and oxygen atoms in total. The minimum absolute atomic E-state index is 0.178. The molecular weight excluding hydrogens is 413 g/mol. The van der Waals surface area contributed by atoms with E-state index in [0.717, 1.165) is 11.3 Å². The molecule has 4 aromatic rings. The Balaban J connectivity index is 1.67. The van der Waals surface area contributed by atoms with Gasteiger partial charge in [0, 0.05) is 35.8 Å². The number of imidazole rings is 1. The van der Waals surface area contributed by atoms with Crippen LogP contribution in [0.5, 0.6) is 11.5 Å². The van der Waals surface area contributed by atoms with E-state index in [0.29, 0.717) is 17.0 Å². The predicted octanol–water partition coefficient (Wildman–Crippen LogP) is 5.49. The molecule has 160 valence electrons. The number of aryl methyl sites for hydroxylation is 1. The second-order valence-corrected chi connectivity index (χ2v) is 6.57. The lowest BCUT2D eigenvalue weighted by atomic mass is 10.1. The molecule has 31 heavy (non-hydrogen) atoms. The van der Waals surface area contributed by atoms with Crippen molar-refractivity contribution in [1.29, 1.82) is 0 Å². The van der Waals surface area contributed by atoms with Gasteiger partial charge in [0.15, 0.2) is 5.76 Å². The number of rotatable bonds is 6. The molecule has 4 rings (SSSR count). The first-order valence-electron chi connectivity index (χ1n) is 9.08. The lowest BCUT2D eigenvalue weighted by Crippen LogP contribution is -2.17. The highest BCUT2D eigenvalue weighted by Gasteiger charge is 2.31. The number of hydrogen-bond donors (Lipinski definition) is 1. The average molecular weight is 430 g/mol. The molecule has 0 saturated heterocycles. The summed E-state index contributed by atoms with van der Waals surface area (Å²) in [5, 5.41) is 3.05. The number of alkyl halides is 3. The Labute approximate surface area is 175 Å². The van der Waals surface area contributed by atoms with Gasteiger partial charge in [-0.2, -0.15) is 0 Å². The van der Waals surface area contributed by atoms with Crippen molar-refractivity contribution in [1.82, 2.24) is 14.5 Å². The van der Waals surface area contributed by atoms with Crippen molar-refractivity contribution in [2.45, 2.75) is 13.3 Å². The second kappa shape index (κ2) is 8.05. The molecule has 1 N–H and O–H groups in total. The molecule has 10 heteroatoms. The lowest BCUT2D eigenvalue weighted by Gasteiger charge is -2.12. The van der Waals surface area contributed by atoms with E-state index < -0.39 is 6.36 Å². The molecule has 0 unspecified atom stereocenters. The number of nitrogens with one attached hydrogen (secondary N) is 1. The number of benzene rings is 2. The number of methoxy groups -OCH3 is 1. The Hall–Kier alpha value is -3.95. The van der Waals surface area contributed by atoms with Gasteiger partial charge in [-0.3, -0.25) is 0 Å². The third-order valence-corrected chi connectivity index (χ3v) is 4.40. The number of ether oxygens (including phenoxy) is 2. The molecule has 0 fully saturated rings. The van der Waals surface area contributed by atoms with E-state index in [2.05, 4.69) is 20.0 Å². The maximum absolute atomic E-state index is 12.8. The van der Waals surface area contributed by atoms with Crippen LogP contribution in [0.3, 0.4) is 0 Å². The van der Waals surface area contributed by atoms with Crippen molar-refractivity contribution in [2.75, 3.05) is 12.4 Å². The first-order chi connectivity index (χ1) is 14.8. The molecule has 0 bridgehead atoms. The van der Waals surface area contributed by atoms with Gasteiger partial charge in [-0.1, -0.05) is 6.07 Å². The van der Waals surface area contributed by atoms with E-state index in [-0.39, 0.29) is 17.5 Å². The average Bonchev–Trinajstić information content (AvgIpc) is 3.40. The van der Waals surface area contributed by atoms with Gasteiger partial charge in [-0.25, -0.2) is 9.97 Å². The van der Waals surface area contributed by atoms with Crippen LogP contribution >= 0.6 is 0 Å². The Morgan fingerprint density at radius 3 is 2.65 bits per heavy atom. The Morgan fingerprint density at radius 2 is 1.94 bits per heavy atom. The normalized spacial score (nSPS) is 11.4. The Bertz CT molecular complexity index is 1190. The minimum atomic E-state index is -4.83. The van der Waals surface area contributed by atoms with Crippen LogP contribution in [-0.2, 0) is 0 Å². The van der Waals surface area contributed by atoms with E-state index in [9.17, 15) is 13.2 Å². The molecule has 0 radical (unpaired) electrons. The fraction of sp³-hybridized carbons (Fsp3) is 0.143. The molecule has 0 aliphatic carbocycles. The van der Waals surface area contributed by atoms with E-state index in [1.165, 1.54) is 30.9 Å². The number of aromatic nitrogens is 3. The SMILES string of the molecule is COc1ccc(C)c(Nc2ncc(-c3cc(OC(F)(F)F)cc(-n4ccnc4)c3)o2)c1. The van der Waals surface area contributed by atoms with Crippen LogP contribution in [0.1, 0.15) is 5.56 Å². The zero-order valence-corrected chi connectivity index (χ0v) is 16.5. The van der Waals surface area contributed by atoms with Crippen LogP contribution in [0.25, 0.3) is 17.0 Å². The summed E-state index contributed by atoms with van der Waals surface area (Å²) >= 11 is 0. The Morgan fingerprint density at radius 1 is 1.10 bits per heavy atom. The van der Waals surface area contributed by atoms with Crippen molar-refractivity contribution in [3.8, 4) is 28.5 Å². The molecule has 2 aromatic carbocycles. The second-order valence-electron chi connectivity index (χ2n) is 6.57. The van der Waals surface area contributed by atoms with Gasteiger partial charge in [0.25, 0.3) is 6.01 Å². The highest BCUT2D eigenvalue weighted by atomic mass is 19.4. The number of halogens is 3. The van der Waals surface area contributed by atoms with E-state index in [4.69, 9.17) is 9.15 Å². The zero-order chi connectivity index (χ0) is 22.0. The third-order valence-electron chi connectivity index (χ3n) is 4.40. The van der Waals surface area contributed by atoms with Gasteiger partial charge in [-0.05, 0) is 30.7 Å². The summed E-state index contributed by atoms with van der Waals surface area (Å²) in [5.74, 6) is 0.530. The van der Waals surface area contributed by atoms with Crippen molar-refractivity contribution in [3.63, 3.8) is 0 Å². The van der Waals surface area contributed by atoms with Crippen LogP contribution in [0.4, 0.5) is 24.9 Å². The van der Waals surface area contributed by atoms with Gasteiger partial charge in [-0.15, -0.1) is 13.2 Å². The summed E-state index contributed by atoms with van der Waals surface area (Å²) < 4.78 is 55.0.